The Hall–Kier alpha value is -1.16. The fraction of sp³-hybridized carbons (Fsp3) is 0.400. The molecule has 1 fully saturated rings. The summed E-state index contributed by atoms with van der Waals surface area (Å²) >= 11 is 3.54. The van der Waals surface area contributed by atoms with E-state index < -0.39 is 0 Å². The van der Waals surface area contributed by atoms with Crippen molar-refractivity contribution in [3.8, 4) is 0 Å². The van der Waals surface area contributed by atoms with Gasteiger partial charge in [0.1, 0.15) is 0 Å². The van der Waals surface area contributed by atoms with E-state index in [2.05, 4.69) is 82.8 Å². The minimum atomic E-state index is 0.1000. The molecule has 0 bridgehead atoms. The lowest BCUT2D eigenvalue weighted by Gasteiger charge is -2.38. The molecular weight excluding hydrogens is 350 g/mol. The molecule has 0 amide bonds. The van der Waals surface area contributed by atoms with Gasteiger partial charge in [0.05, 0.1) is 12.7 Å². The molecule has 1 saturated heterocycles. The Morgan fingerprint density at radius 2 is 1.83 bits per heavy atom. The number of ether oxygens (including phenoxy) is 1. The zero-order chi connectivity index (χ0) is 16.1. The van der Waals surface area contributed by atoms with Crippen molar-refractivity contribution in [3.63, 3.8) is 0 Å². The van der Waals surface area contributed by atoms with Gasteiger partial charge in [0.2, 0.25) is 0 Å². The molecule has 0 spiro atoms. The highest BCUT2D eigenvalue weighted by atomic mass is 79.9. The van der Waals surface area contributed by atoms with Gasteiger partial charge in [-0.05, 0) is 56.1 Å². The quantitative estimate of drug-likeness (QED) is 0.808. The molecule has 0 radical (unpaired) electrons. The molecule has 1 aliphatic heterocycles. The number of halogens is 1. The van der Waals surface area contributed by atoms with Crippen molar-refractivity contribution < 1.29 is 4.74 Å². The first-order chi connectivity index (χ1) is 11.2. The molecule has 3 rings (SSSR count). The highest BCUT2D eigenvalue weighted by Gasteiger charge is 2.34. The van der Waals surface area contributed by atoms with Crippen LogP contribution in [0, 0.1) is 0 Å². The van der Waals surface area contributed by atoms with Gasteiger partial charge in [-0.2, -0.15) is 0 Å². The minimum absolute atomic E-state index is 0.1000. The zero-order valence-electron chi connectivity index (χ0n) is 13.6. The maximum atomic E-state index is 6.33. The lowest BCUT2D eigenvalue weighted by molar-refractivity contribution is 0.0166. The second-order valence-electron chi connectivity index (χ2n) is 6.40. The molecule has 1 N–H and O–H groups in total. The maximum Gasteiger partial charge on any atom is 0.0797 e. The number of nitrogens with one attached hydrogen (secondary N) is 1. The average molecular weight is 374 g/mol. The van der Waals surface area contributed by atoms with Crippen LogP contribution in [-0.2, 0) is 10.2 Å². The zero-order valence-corrected chi connectivity index (χ0v) is 15.2. The third-order valence-corrected chi connectivity index (χ3v) is 5.37. The molecule has 23 heavy (non-hydrogen) atoms. The SMILES string of the molecule is CC(OCC1(c2ccccc2)CCNCC1)c1cccc(Br)c1. The summed E-state index contributed by atoms with van der Waals surface area (Å²) in [7, 11) is 0. The molecule has 122 valence electrons. The summed E-state index contributed by atoms with van der Waals surface area (Å²) in [5.41, 5.74) is 2.76. The van der Waals surface area contributed by atoms with E-state index in [1.54, 1.807) is 0 Å². The molecule has 0 saturated carbocycles. The van der Waals surface area contributed by atoms with E-state index in [0.29, 0.717) is 0 Å². The van der Waals surface area contributed by atoms with Gasteiger partial charge < -0.3 is 10.1 Å². The van der Waals surface area contributed by atoms with Crippen LogP contribution in [0.3, 0.4) is 0 Å². The van der Waals surface area contributed by atoms with Crippen molar-refractivity contribution in [1.82, 2.24) is 5.32 Å². The first kappa shape index (κ1) is 16.7. The van der Waals surface area contributed by atoms with Crippen molar-refractivity contribution in [1.29, 1.82) is 0 Å². The summed E-state index contributed by atoms with van der Waals surface area (Å²) in [4.78, 5) is 0. The topological polar surface area (TPSA) is 21.3 Å². The van der Waals surface area contributed by atoms with Gasteiger partial charge in [-0.1, -0.05) is 58.4 Å². The second kappa shape index (κ2) is 7.61. The smallest absolute Gasteiger partial charge is 0.0797 e. The number of rotatable bonds is 5. The van der Waals surface area contributed by atoms with Crippen LogP contribution >= 0.6 is 15.9 Å². The van der Waals surface area contributed by atoms with Gasteiger partial charge in [-0.15, -0.1) is 0 Å². The number of piperidine rings is 1. The van der Waals surface area contributed by atoms with Crippen LogP contribution < -0.4 is 5.32 Å². The second-order valence-corrected chi connectivity index (χ2v) is 7.32. The highest BCUT2D eigenvalue weighted by Crippen LogP contribution is 2.35. The van der Waals surface area contributed by atoms with Crippen molar-refractivity contribution in [2.45, 2.75) is 31.3 Å². The van der Waals surface area contributed by atoms with Crippen LogP contribution in [-0.4, -0.2) is 19.7 Å². The average Bonchev–Trinajstić information content (AvgIpc) is 2.61. The van der Waals surface area contributed by atoms with Crippen LogP contribution in [0.2, 0.25) is 0 Å². The number of benzene rings is 2. The fourth-order valence-corrected chi connectivity index (χ4v) is 3.77. The van der Waals surface area contributed by atoms with E-state index >= 15 is 0 Å². The van der Waals surface area contributed by atoms with E-state index in [1.807, 2.05) is 0 Å². The molecule has 1 unspecified atom stereocenters. The Labute approximate surface area is 147 Å². The third kappa shape index (κ3) is 4.03. The van der Waals surface area contributed by atoms with Gasteiger partial charge in [0.25, 0.3) is 0 Å². The molecule has 1 atom stereocenters. The van der Waals surface area contributed by atoms with E-state index in [-0.39, 0.29) is 11.5 Å². The standard InChI is InChI=1S/C20H24BrNO/c1-16(17-6-5-9-19(21)14-17)23-15-20(10-12-22-13-11-20)18-7-3-2-4-8-18/h2-9,14,16,22H,10-13,15H2,1H3. The predicted octanol–water partition coefficient (Wildman–Crippen LogP) is 4.85. The molecule has 2 aromatic carbocycles. The van der Waals surface area contributed by atoms with E-state index in [9.17, 15) is 0 Å². The Morgan fingerprint density at radius 3 is 2.52 bits per heavy atom. The fourth-order valence-electron chi connectivity index (χ4n) is 3.35. The normalized spacial score (nSPS) is 18.5. The predicted molar refractivity (Wildman–Crippen MR) is 98.7 cm³/mol. The molecule has 0 aromatic heterocycles. The summed E-state index contributed by atoms with van der Waals surface area (Å²) in [6.07, 6.45) is 2.35. The van der Waals surface area contributed by atoms with Crippen molar-refractivity contribution in [2.75, 3.05) is 19.7 Å². The Kier molecular flexibility index (Phi) is 5.52. The monoisotopic (exact) mass is 373 g/mol. The van der Waals surface area contributed by atoms with Crippen LogP contribution in [0.25, 0.3) is 0 Å². The number of hydrogen-bond acceptors (Lipinski definition) is 2. The van der Waals surface area contributed by atoms with E-state index in [0.717, 1.165) is 37.0 Å². The van der Waals surface area contributed by atoms with Gasteiger partial charge >= 0.3 is 0 Å². The Morgan fingerprint density at radius 1 is 1.09 bits per heavy atom. The van der Waals surface area contributed by atoms with Crippen molar-refractivity contribution in [3.05, 3.63) is 70.2 Å². The first-order valence-corrected chi connectivity index (χ1v) is 9.12. The first-order valence-electron chi connectivity index (χ1n) is 8.33. The largest absolute Gasteiger partial charge is 0.373 e. The molecule has 1 aliphatic rings. The lowest BCUT2D eigenvalue weighted by atomic mass is 9.74. The molecule has 3 heteroatoms. The van der Waals surface area contributed by atoms with Crippen LogP contribution in [0.4, 0.5) is 0 Å². The summed E-state index contributed by atoms with van der Waals surface area (Å²) in [5, 5.41) is 3.47. The summed E-state index contributed by atoms with van der Waals surface area (Å²) in [6, 6.07) is 19.2. The molecular formula is C20H24BrNO. The molecule has 2 aromatic rings. The van der Waals surface area contributed by atoms with E-state index in [4.69, 9.17) is 4.74 Å². The Bertz CT molecular complexity index is 623. The minimum Gasteiger partial charge on any atom is -0.373 e. The van der Waals surface area contributed by atoms with Gasteiger partial charge in [-0.25, -0.2) is 0 Å². The maximum absolute atomic E-state index is 6.33. The molecule has 0 aliphatic carbocycles. The lowest BCUT2D eigenvalue weighted by Crippen LogP contribution is -2.43. The summed E-state index contributed by atoms with van der Waals surface area (Å²) in [5.74, 6) is 0. The van der Waals surface area contributed by atoms with Gasteiger partial charge in [0.15, 0.2) is 0 Å². The summed E-state index contributed by atoms with van der Waals surface area (Å²) in [6.45, 7) is 5.03. The van der Waals surface area contributed by atoms with Crippen molar-refractivity contribution in [2.24, 2.45) is 0 Å². The van der Waals surface area contributed by atoms with Crippen LogP contribution in [0.5, 0.6) is 0 Å². The summed E-state index contributed by atoms with van der Waals surface area (Å²) < 4.78 is 7.43. The van der Waals surface area contributed by atoms with Crippen LogP contribution in [0.15, 0.2) is 59.1 Å². The van der Waals surface area contributed by atoms with E-state index in [1.165, 1.54) is 11.1 Å². The molecule has 1 heterocycles. The third-order valence-electron chi connectivity index (χ3n) is 4.87. The molecule has 2 nitrogen and oxygen atoms in total. The van der Waals surface area contributed by atoms with Gasteiger partial charge in [-0.3, -0.25) is 0 Å². The van der Waals surface area contributed by atoms with Crippen LogP contribution in [0.1, 0.15) is 37.0 Å². The van der Waals surface area contributed by atoms with Gasteiger partial charge in [0, 0.05) is 9.89 Å². The van der Waals surface area contributed by atoms with Crippen molar-refractivity contribution >= 4 is 15.9 Å². The Balaban J connectivity index is 1.74. The number of hydrogen-bond donors (Lipinski definition) is 1. The highest BCUT2D eigenvalue weighted by molar-refractivity contribution is 9.10.